The van der Waals surface area contributed by atoms with Crippen LogP contribution in [-0.2, 0) is 22.5 Å². The maximum absolute atomic E-state index is 14.0. The highest BCUT2D eigenvalue weighted by atomic mass is 19.2. The van der Waals surface area contributed by atoms with Crippen LogP contribution in [0.3, 0.4) is 0 Å². The number of morpholine rings is 1. The molecule has 152 valence electrons. The first-order valence-corrected chi connectivity index (χ1v) is 9.41. The van der Waals surface area contributed by atoms with Crippen LogP contribution in [0.2, 0.25) is 0 Å². The summed E-state index contributed by atoms with van der Waals surface area (Å²) < 4.78 is 52.5. The number of rotatable bonds is 4. The minimum absolute atomic E-state index is 0.0463. The number of amides is 1. The molecule has 0 radical (unpaired) electrons. The summed E-state index contributed by atoms with van der Waals surface area (Å²) in [5.41, 5.74) is 1.33. The van der Waals surface area contributed by atoms with E-state index >= 15 is 0 Å². The number of hydrogen-bond donors (Lipinski definition) is 0. The lowest BCUT2D eigenvalue weighted by molar-refractivity contribution is -0.0374. The number of nitrogens with zero attached hydrogens (tertiary/aromatic N) is 1. The second kappa shape index (κ2) is 8.29. The van der Waals surface area contributed by atoms with Gasteiger partial charge in [0.05, 0.1) is 25.3 Å². The molecule has 29 heavy (non-hydrogen) atoms. The van der Waals surface area contributed by atoms with Crippen molar-refractivity contribution in [2.24, 2.45) is 0 Å². The van der Waals surface area contributed by atoms with Gasteiger partial charge in [-0.2, -0.15) is 0 Å². The molecule has 2 heterocycles. The number of carbonyl (C=O) groups excluding carboxylic acids is 1. The van der Waals surface area contributed by atoms with Crippen molar-refractivity contribution in [3.63, 3.8) is 0 Å². The molecule has 2 unspecified atom stereocenters. The molecule has 2 aliphatic rings. The molecular weight excluding hydrogens is 383 g/mol. The van der Waals surface area contributed by atoms with E-state index in [4.69, 9.17) is 9.47 Å². The van der Waals surface area contributed by atoms with E-state index in [0.29, 0.717) is 13.0 Å². The first kappa shape index (κ1) is 19.5. The minimum atomic E-state index is -1.17. The van der Waals surface area contributed by atoms with Crippen LogP contribution >= 0.6 is 0 Å². The van der Waals surface area contributed by atoms with Gasteiger partial charge in [0.2, 0.25) is 0 Å². The third kappa shape index (κ3) is 4.15. The summed E-state index contributed by atoms with van der Waals surface area (Å²) in [4.78, 5) is 14.3. The Kier molecular flexibility index (Phi) is 5.58. The Morgan fingerprint density at radius 1 is 1.07 bits per heavy atom. The lowest BCUT2D eigenvalue weighted by atomic mass is 9.90. The van der Waals surface area contributed by atoms with Crippen LogP contribution in [0.5, 0.6) is 0 Å². The molecule has 4 nitrogen and oxygen atoms in total. The van der Waals surface area contributed by atoms with E-state index in [9.17, 15) is 18.0 Å². The summed E-state index contributed by atoms with van der Waals surface area (Å²) in [5.74, 6) is -3.03. The van der Waals surface area contributed by atoms with E-state index < -0.39 is 23.5 Å². The Morgan fingerprint density at radius 2 is 1.83 bits per heavy atom. The highest BCUT2D eigenvalue weighted by Crippen LogP contribution is 2.31. The van der Waals surface area contributed by atoms with Crippen molar-refractivity contribution in [1.82, 2.24) is 4.90 Å². The predicted octanol–water partition coefficient (Wildman–Crippen LogP) is 4.38. The summed E-state index contributed by atoms with van der Waals surface area (Å²) in [6.07, 6.45) is 1.65. The Hall–Kier alpha value is -2.80. The fourth-order valence-corrected chi connectivity index (χ4v) is 3.85. The third-order valence-electron chi connectivity index (χ3n) is 5.23. The van der Waals surface area contributed by atoms with Crippen LogP contribution in [0.1, 0.15) is 17.5 Å². The number of halogens is 3. The minimum Gasteiger partial charge on any atom is -0.445 e. The molecule has 0 N–H and O–H groups in total. The first-order valence-electron chi connectivity index (χ1n) is 9.41. The number of fused-ring (bicyclic) bond motifs is 2. The van der Waals surface area contributed by atoms with Crippen LogP contribution in [-0.4, -0.2) is 36.3 Å². The number of carbonyl (C=O) groups is 1. The van der Waals surface area contributed by atoms with Crippen LogP contribution < -0.4 is 0 Å². The van der Waals surface area contributed by atoms with Crippen molar-refractivity contribution in [3.8, 4) is 0 Å². The van der Waals surface area contributed by atoms with Gasteiger partial charge in [-0.25, -0.2) is 18.0 Å². The van der Waals surface area contributed by atoms with Gasteiger partial charge in [0.25, 0.3) is 0 Å². The molecular formula is C22H20F3NO3. The quantitative estimate of drug-likeness (QED) is 0.562. The van der Waals surface area contributed by atoms with E-state index in [1.807, 2.05) is 30.3 Å². The largest absolute Gasteiger partial charge is 0.445 e. The smallest absolute Gasteiger partial charge is 0.411 e. The average Bonchev–Trinajstić information content (AvgIpc) is 2.72. The first-order chi connectivity index (χ1) is 14.0. The molecule has 7 heteroatoms. The van der Waals surface area contributed by atoms with Gasteiger partial charge in [-0.1, -0.05) is 42.0 Å². The second-order valence-corrected chi connectivity index (χ2v) is 7.23. The lowest BCUT2D eigenvalue weighted by Crippen LogP contribution is -2.56. The molecule has 0 spiro atoms. The fraction of sp³-hybridized carbons (Fsp3) is 0.318. The van der Waals surface area contributed by atoms with Gasteiger partial charge in [-0.15, -0.1) is 0 Å². The van der Waals surface area contributed by atoms with Gasteiger partial charge in [0.1, 0.15) is 12.4 Å². The van der Waals surface area contributed by atoms with E-state index in [1.54, 1.807) is 11.0 Å². The molecule has 2 aliphatic heterocycles. The molecule has 2 bridgehead atoms. The zero-order chi connectivity index (χ0) is 20.4. The van der Waals surface area contributed by atoms with E-state index in [1.165, 1.54) is 0 Å². The Morgan fingerprint density at radius 3 is 2.59 bits per heavy atom. The maximum atomic E-state index is 14.0. The van der Waals surface area contributed by atoms with E-state index in [2.05, 4.69) is 0 Å². The highest BCUT2D eigenvalue weighted by Gasteiger charge is 2.39. The molecule has 4 rings (SSSR count). The van der Waals surface area contributed by atoms with Crippen molar-refractivity contribution in [2.75, 3.05) is 13.2 Å². The molecule has 0 aromatic heterocycles. The van der Waals surface area contributed by atoms with Gasteiger partial charge < -0.3 is 9.47 Å². The van der Waals surface area contributed by atoms with Gasteiger partial charge in [-0.05, 0) is 30.5 Å². The molecule has 0 aliphatic carbocycles. The van der Waals surface area contributed by atoms with Gasteiger partial charge in [-0.3, -0.25) is 4.90 Å². The molecule has 2 aromatic rings. The fourth-order valence-electron chi connectivity index (χ4n) is 3.85. The van der Waals surface area contributed by atoms with Crippen LogP contribution in [0.4, 0.5) is 18.0 Å². The van der Waals surface area contributed by atoms with Gasteiger partial charge in [0, 0.05) is 5.56 Å². The number of benzene rings is 2. The monoisotopic (exact) mass is 403 g/mol. The summed E-state index contributed by atoms with van der Waals surface area (Å²) in [5, 5.41) is 0. The standard InChI is InChI=1S/C22H20F3NO3/c23-19-6-7-20(24)21(25)18(19)10-15-8-16-12-28-13-17(9-15)26(16)22(27)29-11-14-4-2-1-3-5-14/h1-8,16-17H,9-13H2. The molecule has 2 atom stereocenters. The zero-order valence-electron chi connectivity index (χ0n) is 15.6. The summed E-state index contributed by atoms with van der Waals surface area (Å²) in [6.45, 7) is 0.740. The SMILES string of the molecule is O=C(OCc1ccccc1)N1C2C=C(Cc3c(F)ccc(F)c3F)CC1COC2. The molecule has 0 saturated carbocycles. The molecule has 1 fully saturated rings. The van der Waals surface area contributed by atoms with Crippen molar-refractivity contribution < 1.29 is 27.4 Å². The van der Waals surface area contributed by atoms with Crippen LogP contribution in [0.15, 0.2) is 54.1 Å². The van der Waals surface area contributed by atoms with Crippen LogP contribution in [0, 0.1) is 17.5 Å². The van der Waals surface area contributed by atoms with Gasteiger partial charge >= 0.3 is 6.09 Å². The Bertz CT molecular complexity index is 932. The van der Waals surface area contributed by atoms with Crippen molar-refractivity contribution in [1.29, 1.82) is 0 Å². The summed E-state index contributed by atoms with van der Waals surface area (Å²) in [7, 11) is 0. The molecule has 2 aromatic carbocycles. The van der Waals surface area contributed by atoms with Crippen molar-refractivity contribution >= 4 is 6.09 Å². The normalized spacial score (nSPS) is 20.9. The second-order valence-electron chi connectivity index (χ2n) is 7.23. The molecule has 1 saturated heterocycles. The molecule has 1 amide bonds. The number of hydrogen-bond acceptors (Lipinski definition) is 3. The zero-order valence-corrected chi connectivity index (χ0v) is 15.6. The Balaban J connectivity index is 1.49. The predicted molar refractivity (Wildman–Crippen MR) is 99.6 cm³/mol. The lowest BCUT2D eigenvalue weighted by Gasteiger charge is -2.43. The van der Waals surface area contributed by atoms with Crippen molar-refractivity contribution in [2.45, 2.75) is 31.5 Å². The van der Waals surface area contributed by atoms with E-state index in [0.717, 1.165) is 23.3 Å². The van der Waals surface area contributed by atoms with E-state index in [-0.39, 0.29) is 37.3 Å². The third-order valence-corrected chi connectivity index (χ3v) is 5.23. The van der Waals surface area contributed by atoms with Gasteiger partial charge in [0.15, 0.2) is 11.6 Å². The van der Waals surface area contributed by atoms with Crippen molar-refractivity contribution in [3.05, 3.63) is 82.7 Å². The average molecular weight is 403 g/mol. The Labute approximate surface area is 166 Å². The topological polar surface area (TPSA) is 38.8 Å². The maximum Gasteiger partial charge on any atom is 0.411 e. The highest BCUT2D eigenvalue weighted by molar-refractivity contribution is 5.69. The number of ether oxygens (including phenoxy) is 2. The summed E-state index contributed by atoms with van der Waals surface area (Å²) in [6, 6.07) is 10.4. The summed E-state index contributed by atoms with van der Waals surface area (Å²) >= 11 is 0. The van der Waals surface area contributed by atoms with Crippen LogP contribution in [0.25, 0.3) is 0 Å².